The lowest BCUT2D eigenvalue weighted by Gasteiger charge is -2.25. The lowest BCUT2D eigenvalue weighted by atomic mass is 10.1. The molecule has 1 aliphatic heterocycles. The van der Waals surface area contributed by atoms with E-state index in [4.69, 9.17) is 27.8 Å². The number of hydrogen-bond donors (Lipinski definition) is 2. The summed E-state index contributed by atoms with van der Waals surface area (Å²) < 4.78 is 52.9. The van der Waals surface area contributed by atoms with Crippen LogP contribution in [0.2, 0.25) is 0 Å². The van der Waals surface area contributed by atoms with Gasteiger partial charge in [0.15, 0.2) is 40.2 Å². The van der Waals surface area contributed by atoms with Crippen molar-refractivity contribution in [1.82, 2.24) is 39.0 Å². The van der Waals surface area contributed by atoms with Crippen molar-refractivity contribution < 1.29 is 61.7 Å². The first-order valence-corrected chi connectivity index (χ1v) is 25.0. The Bertz CT molecular complexity index is 3390. The molecule has 77 heavy (non-hydrogen) atoms. The molecule has 0 bridgehead atoms. The summed E-state index contributed by atoms with van der Waals surface area (Å²) in [5.41, 5.74) is 2.18. The van der Waals surface area contributed by atoms with E-state index in [0.717, 1.165) is 11.2 Å². The molecule has 8 aromatic rings. The predicted molar refractivity (Wildman–Crippen MR) is 269 cm³/mol. The highest BCUT2D eigenvalue weighted by Crippen LogP contribution is 2.54. The molecule has 0 saturated carbocycles. The van der Waals surface area contributed by atoms with E-state index < -0.39 is 60.6 Å². The highest BCUT2D eigenvalue weighted by Gasteiger charge is 2.44. The number of nitro groups is 2. The van der Waals surface area contributed by atoms with Gasteiger partial charge in [-0.15, -0.1) is 0 Å². The Morgan fingerprint density at radius 3 is 1.92 bits per heavy atom. The third-order valence-electron chi connectivity index (χ3n) is 11.8. The van der Waals surface area contributed by atoms with E-state index in [1.54, 1.807) is 72.8 Å². The molecule has 1 aliphatic rings. The maximum Gasteiger partial charge on any atom is 0.475 e. The number of carbonyl (C=O) groups excluding carboxylic acids is 3. The summed E-state index contributed by atoms with van der Waals surface area (Å²) in [7, 11) is -4.59. The molecule has 3 amide bonds. The van der Waals surface area contributed by atoms with Crippen LogP contribution in [0.5, 0.6) is 0 Å². The molecule has 0 aliphatic carbocycles. The quantitative estimate of drug-likeness (QED) is 0.0219. The number of aliphatic hydroxyl groups excluding tert-OH is 1. The zero-order valence-electron chi connectivity index (χ0n) is 40.3. The molecule has 1 saturated heterocycles. The van der Waals surface area contributed by atoms with E-state index in [2.05, 4.69) is 35.2 Å². The molecule has 0 spiro atoms. The SMILES string of the molecule is O=C(Nc1ncnc2c1ncn2[C@@H]1O[C@H](CO)C[C@H]1OP(=O)(OCCOCn1cnc2c(N(C(=O)c3ccccc3)C(=O)c3ccccc3)ncnc21)OCCc1ccc([N+](=O)[O-])cc1)OCCc1ccc([N+](=O)[O-])cc1. The van der Waals surface area contributed by atoms with Gasteiger partial charge in [-0.2, -0.15) is 0 Å². The Hall–Kier alpha value is -8.82. The topological polar surface area (TPSA) is 333 Å². The minimum atomic E-state index is -4.59. The van der Waals surface area contributed by atoms with Gasteiger partial charge in [-0.05, 0) is 41.8 Å². The van der Waals surface area contributed by atoms with E-state index in [9.17, 15) is 44.3 Å². The molecule has 0 radical (unpaired) electrons. The van der Waals surface area contributed by atoms with Crippen LogP contribution in [0, 0.1) is 20.2 Å². The molecular weight excluding hydrogens is 1030 g/mol. The van der Waals surface area contributed by atoms with Crippen molar-refractivity contribution in [1.29, 1.82) is 0 Å². The number of amides is 3. The van der Waals surface area contributed by atoms with E-state index >= 15 is 0 Å². The fraction of sp³-hybridized carbons (Fsp3) is 0.245. The van der Waals surface area contributed by atoms with E-state index in [1.165, 1.54) is 64.5 Å². The largest absolute Gasteiger partial charge is 0.475 e. The molecule has 4 aromatic heterocycles. The summed E-state index contributed by atoms with van der Waals surface area (Å²) in [6.45, 7) is -1.53. The first kappa shape index (κ1) is 53.0. The molecule has 5 heterocycles. The van der Waals surface area contributed by atoms with Gasteiger partial charge in [-0.1, -0.05) is 60.7 Å². The van der Waals surface area contributed by atoms with Crippen molar-refractivity contribution in [2.75, 3.05) is 43.3 Å². The number of carbonyl (C=O) groups is 3. The summed E-state index contributed by atoms with van der Waals surface area (Å²) in [4.78, 5) is 88.8. The van der Waals surface area contributed by atoms with Crippen LogP contribution in [0.1, 0.15) is 44.5 Å². The van der Waals surface area contributed by atoms with Crippen LogP contribution < -0.4 is 10.2 Å². The van der Waals surface area contributed by atoms with Crippen LogP contribution in [0.25, 0.3) is 22.3 Å². The molecule has 28 heteroatoms. The molecular formula is C49H45N12O15P. The number of aromatic nitrogens is 8. The minimum Gasteiger partial charge on any atom is -0.449 e. The number of anilines is 2. The maximum atomic E-state index is 14.7. The van der Waals surface area contributed by atoms with Crippen LogP contribution in [0.4, 0.5) is 27.8 Å². The van der Waals surface area contributed by atoms with Crippen LogP contribution in [0.15, 0.2) is 135 Å². The number of benzene rings is 4. The summed E-state index contributed by atoms with van der Waals surface area (Å²) in [5.74, 6) is -1.37. The number of non-ortho nitro benzene ring substituents is 2. The van der Waals surface area contributed by atoms with Gasteiger partial charge in [-0.25, -0.2) is 44.2 Å². The second-order valence-corrected chi connectivity index (χ2v) is 18.4. The lowest BCUT2D eigenvalue weighted by Crippen LogP contribution is -2.38. The predicted octanol–water partition coefficient (Wildman–Crippen LogP) is 6.78. The zero-order chi connectivity index (χ0) is 53.9. The second-order valence-electron chi connectivity index (χ2n) is 16.8. The Labute approximate surface area is 435 Å². The molecule has 27 nitrogen and oxygen atoms in total. The van der Waals surface area contributed by atoms with Crippen molar-refractivity contribution in [2.45, 2.75) is 44.4 Å². The highest BCUT2D eigenvalue weighted by atomic mass is 31.2. The van der Waals surface area contributed by atoms with Gasteiger partial charge in [0.1, 0.15) is 25.5 Å². The molecule has 4 aromatic carbocycles. The first-order valence-electron chi connectivity index (χ1n) is 23.5. The number of imidazole rings is 2. The lowest BCUT2D eigenvalue weighted by molar-refractivity contribution is -0.385. The smallest absolute Gasteiger partial charge is 0.449 e. The fourth-order valence-corrected chi connectivity index (χ4v) is 9.34. The number of aliphatic hydroxyl groups is 1. The zero-order valence-corrected chi connectivity index (χ0v) is 41.2. The van der Waals surface area contributed by atoms with Gasteiger partial charge in [0.2, 0.25) is 0 Å². The van der Waals surface area contributed by atoms with Gasteiger partial charge >= 0.3 is 13.9 Å². The third-order valence-corrected chi connectivity index (χ3v) is 13.3. The molecule has 396 valence electrons. The maximum absolute atomic E-state index is 14.7. The van der Waals surface area contributed by atoms with Crippen molar-refractivity contribution in [3.63, 3.8) is 0 Å². The Balaban J connectivity index is 0.883. The van der Waals surface area contributed by atoms with Crippen LogP contribution >= 0.6 is 7.82 Å². The molecule has 1 fully saturated rings. The van der Waals surface area contributed by atoms with E-state index in [-0.39, 0.29) is 109 Å². The molecule has 4 atom stereocenters. The monoisotopic (exact) mass is 1070 g/mol. The number of hydrogen-bond acceptors (Lipinski definition) is 21. The van der Waals surface area contributed by atoms with Crippen LogP contribution in [-0.2, 0) is 51.9 Å². The summed E-state index contributed by atoms with van der Waals surface area (Å²) >= 11 is 0. The van der Waals surface area contributed by atoms with Crippen molar-refractivity contribution in [2.24, 2.45) is 0 Å². The Morgan fingerprint density at radius 2 is 1.30 bits per heavy atom. The minimum absolute atomic E-state index is 0.0173. The van der Waals surface area contributed by atoms with Gasteiger partial charge < -0.3 is 19.3 Å². The van der Waals surface area contributed by atoms with Crippen LogP contribution in [0.3, 0.4) is 0 Å². The number of rotatable bonds is 23. The van der Waals surface area contributed by atoms with E-state index in [1.807, 2.05) is 0 Å². The average molecular weight is 1070 g/mol. The van der Waals surface area contributed by atoms with Gasteiger partial charge in [-0.3, -0.25) is 57.8 Å². The summed E-state index contributed by atoms with van der Waals surface area (Å²) in [6, 6.07) is 28.0. The van der Waals surface area contributed by atoms with Crippen molar-refractivity contribution in [3.8, 4) is 0 Å². The second kappa shape index (κ2) is 24.2. The van der Waals surface area contributed by atoms with Gasteiger partial charge in [0.05, 0.1) is 61.6 Å². The van der Waals surface area contributed by atoms with E-state index in [0.29, 0.717) is 11.1 Å². The van der Waals surface area contributed by atoms with Crippen molar-refractivity contribution in [3.05, 3.63) is 177 Å². The number of nitro benzene ring substituents is 2. The van der Waals surface area contributed by atoms with Gasteiger partial charge in [0, 0.05) is 48.2 Å². The number of fused-ring (bicyclic) bond motifs is 2. The first-order chi connectivity index (χ1) is 37.4. The molecule has 2 N–H and O–H groups in total. The van der Waals surface area contributed by atoms with Crippen molar-refractivity contribution >= 4 is 71.1 Å². The molecule has 9 rings (SSSR count). The Kier molecular flexibility index (Phi) is 16.7. The summed E-state index contributed by atoms with van der Waals surface area (Å²) in [6.07, 6.45) is 1.45. The standard InChI is InChI=1S/C49H45N12O15P/c62-26-38-25-39(48(75-38)58-30-55-40-42(50-27-52-44(40)58)56-49(65)72-21-19-32-11-15-36(16-12-32)60(66)67)76-77(70,73-22-20-33-13-17-37(18-14-33)61(68)69)74-24-23-71-31-57-29-54-41-43(57)51-28-53-45(41)59(46(63)34-7-3-1-4-8-34)47(64)35-9-5-2-6-10-35/h1-18,27-30,38-39,48,62H,19-26,31H2,(H,50,52,56,65)/t38-,39+,48+,77?/m0/s1. The number of phosphoric ester groups is 1. The van der Waals surface area contributed by atoms with Gasteiger partial charge in [0.25, 0.3) is 23.2 Å². The third kappa shape index (κ3) is 12.7. The highest BCUT2D eigenvalue weighted by molar-refractivity contribution is 7.48. The Morgan fingerprint density at radius 1 is 0.714 bits per heavy atom. The number of phosphoric acid groups is 1. The van der Waals surface area contributed by atoms with Crippen LogP contribution in [-0.4, -0.2) is 117 Å². The average Bonchev–Trinajstić information content (AvgIpc) is 4.19. The number of nitrogens with one attached hydrogen (secondary N) is 1. The number of nitrogens with zero attached hydrogens (tertiary/aromatic N) is 11. The number of imide groups is 1. The normalized spacial score (nSPS) is 16.0. The number of ether oxygens (including phenoxy) is 3. The molecule has 1 unspecified atom stereocenters. The fourth-order valence-electron chi connectivity index (χ4n) is 8.01. The summed E-state index contributed by atoms with van der Waals surface area (Å²) in [5, 5.41) is 35.0.